The molecular weight excluding hydrogens is 240 g/mol. The van der Waals surface area contributed by atoms with E-state index >= 15 is 0 Å². The Morgan fingerprint density at radius 3 is 2.41 bits per heavy atom. The Morgan fingerprint density at radius 2 is 1.88 bits per heavy atom. The zero-order valence-electron chi connectivity index (χ0n) is 9.34. The number of amides is 1. The van der Waals surface area contributed by atoms with Crippen molar-refractivity contribution in [1.82, 2.24) is 4.31 Å². The number of benzene rings is 1. The molecule has 0 radical (unpaired) electrons. The van der Waals surface area contributed by atoms with Crippen molar-refractivity contribution >= 4 is 15.9 Å². The molecule has 0 fully saturated rings. The van der Waals surface area contributed by atoms with E-state index in [1.807, 2.05) is 6.07 Å². The Kier molecular flexibility index (Phi) is 2.26. The molecule has 5 nitrogen and oxygen atoms in total. The second-order valence-electron chi connectivity index (χ2n) is 4.24. The van der Waals surface area contributed by atoms with E-state index in [9.17, 15) is 13.2 Å². The van der Waals surface area contributed by atoms with Gasteiger partial charge in [-0.3, -0.25) is 4.79 Å². The maximum Gasteiger partial charge on any atom is 0.270 e. The van der Waals surface area contributed by atoms with Gasteiger partial charge in [0.1, 0.15) is 10.4 Å². The molecule has 1 amide bonds. The van der Waals surface area contributed by atoms with Gasteiger partial charge in [0.25, 0.3) is 15.9 Å². The number of sulfonamides is 1. The Hall–Kier alpha value is -1.87. The number of hydrogen-bond donors (Lipinski definition) is 0. The van der Waals surface area contributed by atoms with Crippen LogP contribution in [0.3, 0.4) is 0 Å². The van der Waals surface area contributed by atoms with Gasteiger partial charge in [0.2, 0.25) is 0 Å². The van der Waals surface area contributed by atoms with Crippen molar-refractivity contribution in [2.75, 3.05) is 0 Å². The van der Waals surface area contributed by atoms with Crippen molar-refractivity contribution in [3.05, 3.63) is 29.8 Å². The topological polar surface area (TPSA) is 78.2 Å². The lowest BCUT2D eigenvalue weighted by Crippen LogP contribution is -2.46. The summed E-state index contributed by atoms with van der Waals surface area (Å²) < 4.78 is 25.0. The average molecular weight is 250 g/mol. The van der Waals surface area contributed by atoms with E-state index in [1.165, 1.54) is 26.0 Å². The number of carbonyl (C=O) groups excluding carboxylic acids is 1. The van der Waals surface area contributed by atoms with Crippen LogP contribution in [-0.2, 0) is 10.0 Å². The number of rotatable bonds is 1. The number of nitrogens with zero attached hydrogens (tertiary/aromatic N) is 2. The monoisotopic (exact) mass is 250 g/mol. The van der Waals surface area contributed by atoms with E-state index in [0.29, 0.717) is 4.31 Å². The summed E-state index contributed by atoms with van der Waals surface area (Å²) in [5, 5.41) is 8.98. The minimum absolute atomic E-state index is 0.0340. The highest BCUT2D eigenvalue weighted by Crippen LogP contribution is 2.35. The van der Waals surface area contributed by atoms with Crippen LogP contribution in [0.25, 0.3) is 0 Å². The molecule has 6 heteroatoms. The van der Waals surface area contributed by atoms with E-state index in [1.54, 1.807) is 12.1 Å². The summed E-state index contributed by atoms with van der Waals surface area (Å²) in [6, 6.07) is 7.79. The summed E-state index contributed by atoms with van der Waals surface area (Å²) in [5.74, 6) is -0.646. The van der Waals surface area contributed by atoms with E-state index in [0.717, 1.165) is 0 Å². The van der Waals surface area contributed by atoms with Crippen LogP contribution in [0.5, 0.6) is 0 Å². The molecule has 1 aliphatic rings. The standard InChI is InChI=1S/C11H10N2O3S/c1-11(2,7-12)13-10(14)8-5-3-4-6-9(8)17(13,15)16/h3-6H,1-2H3. The number of hydrogen-bond acceptors (Lipinski definition) is 4. The van der Waals surface area contributed by atoms with E-state index in [2.05, 4.69) is 0 Å². The van der Waals surface area contributed by atoms with Crippen LogP contribution >= 0.6 is 0 Å². The Balaban J connectivity index is 2.73. The van der Waals surface area contributed by atoms with Crippen LogP contribution in [-0.4, -0.2) is 24.2 Å². The minimum Gasteiger partial charge on any atom is -0.268 e. The lowest BCUT2D eigenvalue weighted by Gasteiger charge is -2.26. The molecule has 0 saturated heterocycles. The SMILES string of the molecule is CC(C)(C#N)N1C(=O)c2ccccc2S1(=O)=O. The zero-order valence-corrected chi connectivity index (χ0v) is 10.2. The molecule has 0 bridgehead atoms. The second-order valence-corrected chi connectivity index (χ2v) is 6.00. The molecule has 0 atom stereocenters. The molecule has 1 aliphatic heterocycles. The molecule has 0 aromatic heterocycles. The first kappa shape index (κ1) is 11.6. The fraction of sp³-hybridized carbons (Fsp3) is 0.273. The molecule has 0 unspecified atom stereocenters. The Labute approximate surface area is 99.3 Å². The quantitative estimate of drug-likeness (QED) is 0.748. The van der Waals surface area contributed by atoms with Crippen LogP contribution in [0, 0.1) is 11.3 Å². The molecule has 0 N–H and O–H groups in total. The molecule has 17 heavy (non-hydrogen) atoms. The van der Waals surface area contributed by atoms with E-state index < -0.39 is 21.5 Å². The van der Waals surface area contributed by atoms with Gasteiger partial charge >= 0.3 is 0 Å². The molecule has 0 spiro atoms. The van der Waals surface area contributed by atoms with Gasteiger partial charge in [0.15, 0.2) is 0 Å². The first-order chi connectivity index (χ1) is 7.82. The van der Waals surface area contributed by atoms with Crippen LogP contribution in [0.15, 0.2) is 29.2 Å². The molecule has 0 aliphatic carbocycles. The summed E-state index contributed by atoms with van der Waals surface area (Å²) in [6.07, 6.45) is 0. The molecule has 2 rings (SSSR count). The summed E-state index contributed by atoms with van der Waals surface area (Å²) in [6.45, 7) is 2.79. The third-order valence-electron chi connectivity index (χ3n) is 2.60. The highest BCUT2D eigenvalue weighted by molar-refractivity contribution is 7.90. The maximum absolute atomic E-state index is 12.2. The normalized spacial score (nSPS) is 17.7. The van der Waals surface area contributed by atoms with Gasteiger partial charge in [0.05, 0.1) is 11.6 Å². The third kappa shape index (κ3) is 1.43. The fourth-order valence-electron chi connectivity index (χ4n) is 1.78. The number of carbonyl (C=O) groups is 1. The fourth-order valence-corrected chi connectivity index (χ4v) is 3.62. The number of nitriles is 1. The average Bonchev–Trinajstić information content (AvgIpc) is 2.48. The van der Waals surface area contributed by atoms with Gasteiger partial charge in [-0.1, -0.05) is 12.1 Å². The van der Waals surface area contributed by atoms with Crippen molar-refractivity contribution in [3.63, 3.8) is 0 Å². The smallest absolute Gasteiger partial charge is 0.268 e. The van der Waals surface area contributed by atoms with Crippen LogP contribution in [0.4, 0.5) is 0 Å². The molecule has 88 valence electrons. The summed E-state index contributed by atoms with van der Waals surface area (Å²) in [4.78, 5) is 12.0. The lowest BCUT2D eigenvalue weighted by atomic mass is 10.1. The predicted octanol–water partition coefficient (Wildman–Crippen LogP) is 1.13. The zero-order chi connectivity index (χ0) is 12.8. The van der Waals surface area contributed by atoms with Crippen molar-refractivity contribution in [2.45, 2.75) is 24.3 Å². The molecule has 0 saturated carbocycles. The highest BCUT2D eigenvalue weighted by atomic mass is 32.2. The molecular formula is C11H10N2O3S. The second kappa shape index (κ2) is 3.31. The van der Waals surface area contributed by atoms with Gasteiger partial charge in [-0.2, -0.15) is 5.26 Å². The number of fused-ring (bicyclic) bond motifs is 1. The van der Waals surface area contributed by atoms with E-state index in [-0.39, 0.29) is 10.5 Å². The van der Waals surface area contributed by atoms with Gasteiger partial charge in [0, 0.05) is 0 Å². The molecule has 1 aromatic carbocycles. The summed E-state index contributed by atoms with van der Waals surface area (Å²) in [7, 11) is -3.90. The largest absolute Gasteiger partial charge is 0.270 e. The minimum atomic E-state index is -3.90. The van der Waals surface area contributed by atoms with Gasteiger partial charge in [-0.25, -0.2) is 12.7 Å². The molecule has 1 heterocycles. The third-order valence-corrected chi connectivity index (χ3v) is 4.62. The van der Waals surface area contributed by atoms with Crippen molar-refractivity contribution in [2.24, 2.45) is 0 Å². The van der Waals surface area contributed by atoms with Gasteiger partial charge < -0.3 is 0 Å². The van der Waals surface area contributed by atoms with Crippen LogP contribution < -0.4 is 0 Å². The lowest BCUT2D eigenvalue weighted by molar-refractivity contribution is 0.0813. The van der Waals surface area contributed by atoms with Crippen molar-refractivity contribution < 1.29 is 13.2 Å². The first-order valence-corrected chi connectivity index (χ1v) is 6.36. The predicted molar refractivity (Wildman–Crippen MR) is 59.5 cm³/mol. The van der Waals surface area contributed by atoms with Gasteiger partial charge in [-0.05, 0) is 26.0 Å². The first-order valence-electron chi connectivity index (χ1n) is 4.92. The van der Waals surface area contributed by atoms with Crippen LogP contribution in [0.2, 0.25) is 0 Å². The van der Waals surface area contributed by atoms with Crippen molar-refractivity contribution in [1.29, 1.82) is 5.26 Å². The van der Waals surface area contributed by atoms with Crippen molar-refractivity contribution in [3.8, 4) is 6.07 Å². The van der Waals surface area contributed by atoms with Crippen LogP contribution in [0.1, 0.15) is 24.2 Å². The highest BCUT2D eigenvalue weighted by Gasteiger charge is 2.48. The maximum atomic E-state index is 12.2. The summed E-state index contributed by atoms with van der Waals surface area (Å²) >= 11 is 0. The Bertz CT molecular complexity index is 641. The molecule has 1 aromatic rings. The Morgan fingerprint density at radius 1 is 1.29 bits per heavy atom. The summed E-state index contributed by atoms with van der Waals surface area (Å²) in [5.41, 5.74) is -1.27. The van der Waals surface area contributed by atoms with E-state index in [4.69, 9.17) is 5.26 Å². The van der Waals surface area contributed by atoms with Gasteiger partial charge in [-0.15, -0.1) is 0 Å².